The maximum atomic E-state index is 11.1. The maximum Gasteiger partial charge on any atom is 0.336 e. The molecule has 0 amide bonds. The van der Waals surface area contributed by atoms with Crippen LogP contribution < -0.4 is 0 Å². The first kappa shape index (κ1) is 11.2. The molecule has 0 fully saturated rings. The molecule has 0 aliphatic carbocycles. The molecule has 80 valence electrons. The summed E-state index contributed by atoms with van der Waals surface area (Å²) in [6.45, 7) is 3.28. The Bertz CT molecular complexity index is 402. The first-order valence-electron chi connectivity index (χ1n) is 4.33. The van der Waals surface area contributed by atoms with Gasteiger partial charge in [-0.05, 0) is 25.0 Å². The van der Waals surface area contributed by atoms with Gasteiger partial charge in [0, 0.05) is 12.1 Å². The Morgan fingerprint density at radius 2 is 1.80 bits per heavy atom. The minimum atomic E-state index is -0.994. The molecule has 0 aliphatic heterocycles. The lowest BCUT2D eigenvalue weighted by Gasteiger charge is -2.03. The highest BCUT2D eigenvalue weighted by Gasteiger charge is 2.20. The average Bonchev–Trinajstić information content (AvgIpc) is 2.14. The number of rotatable bonds is 3. The van der Waals surface area contributed by atoms with Crippen molar-refractivity contribution in [2.24, 2.45) is 0 Å². The molecule has 0 saturated heterocycles. The highest BCUT2D eigenvalue weighted by atomic mass is 16.8. The Morgan fingerprint density at radius 3 is 2.13 bits per heavy atom. The average molecular weight is 210 g/mol. The third-order valence-corrected chi connectivity index (χ3v) is 2.11. The predicted molar refractivity (Wildman–Crippen MR) is 53.2 cm³/mol. The smallest absolute Gasteiger partial charge is 0.336 e. The molecule has 1 aromatic carbocycles. The van der Waals surface area contributed by atoms with E-state index in [-0.39, 0.29) is 11.3 Å². The van der Waals surface area contributed by atoms with Gasteiger partial charge in [-0.2, -0.15) is 0 Å². The molecular formula is C10H12NO4+. The first-order valence-corrected chi connectivity index (χ1v) is 4.33. The van der Waals surface area contributed by atoms with Crippen LogP contribution in [0.3, 0.4) is 0 Å². The highest BCUT2D eigenvalue weighted by molar-refractivity contribution is 5.91. The quantitative estimate of drug-likeness (QED) is 0.774. The highest BCUT2D eigenvalue weighted by Crippen LogP contribution is 2.21. The second-order valence-corrected chi connectivity index (χ2v) is 3.20. The van der Waals surface area contributed by atoms with Gasteiger partial charge in [-0.1, -0.05) is 0 Å². The van der Waals surface area contributed by atoms with Crippen LogP contribution >= 0.6 is 0 Å². The van der Waals surface area contributed by atoms with Crippen molar-refractivity contribution in [1.82, 2.24) is 0 Å². The van der Waals surface area contributed by atoms with Crippen LogP contribution in [0.1, 0.15) is 21.5 Å². The van der Waals surface area contributed by atoms with Crippen LogP contribution in [-0.2, 0) is 4.84 Å². The van der Waals surface area contributed by atoms with Crippen molar-refractivity contribution in [2.75, 3.05) is 7.11 Å². The summed E-state index contributed by atoms with van der Waals surface area (Å²) in [7, 11) is 1.25. The van der Waals surface area contributed by atoms with E-state index in [2.05, 4.69) is 4.84 Å². The zero-order chi connectivity index (χ0) is 11.6. The second-order valence-electron chi connectivity index (χ2n) is 3.20. The van der Waals surface area contributed by atoms with Gasteiger partial charge in [0.1, 0.15) is 0 Å². The fourth-order valence-corrected chi connectivity index (χ4v) is 1.49. The van der Waals surface area contributed by atoms with Crippen LogP contribution in [0, 0.1) is 18.8 Å². The standard InChI is InChI=1S/C10H11NO4/c1-6-4-8(11(14)15-3)5-7(2)9(6)10(12)13/h4-5H,1-3H3/p+1. The Morgan fingerprint density at radius 1 is 1.33 bits per heavy atom. The Hall–Kier alpha value is -1.91. The van der Waals surface area contributed by atoms with E-state index in [1.165, 1.54) is 19.2 Å². The largest absolute Gasteiger partial charge is 0.478 e. The van der Waals surface area contributed by atoms with Crippen LogP contribution in [0.25, 0.3) is 0 Å². The Kier molecular flexibility index (Phi) is 3.04. The predicted octanol–water partition coefficient (Wildman–Crippen LogP) is 1.97. The summed E-state index contributed by atoms with van der Waals surface area (Å²) < 4.78 is 0. The Balaban J connectivity index is 3.31. The van der Waals surface area contributed by atoms with Crippen molar-refractivity contribution in [1.29, 1.82) is 0 Å². The molecule has 5 nitrogen and oxygen atoms in total. The molecular weight excluding hydrogens is 198 g/mol. The third-order valence-electron chi connectivity index (χ3n) is 2.11. The summed E-state index contributed by atoms with van der Waals surface area (Å²) in [6, 6.07) is 2.96. The number of carbonyl (C=O) groups is 1. The molecule has 0 aromatic heterocycles. The summed E-state index contributed by atoms with van der Waals surface area (Å²) >= 11 is 0. The number of hydrogen-bond acceptors (Lipinski definition) is 3. The van der Waals surface area contributed by atoms with Crippen LogP contribution in [0.15, 0.2) is 12.1 Å². The molecule has 0 unspecified atom stereocenters. The van der Waals surface area contributed by atoms with Crippen molar-refractivity contribution in [2.45, 2.75) is 13.8 Å². The topological polar surface area (TPSA) is 66.6 Å². The van der Waals surface area contributed by atoms with Gasteiger partial charge in [0.15, 0.2) is 7.11 Å². The van der Waals surface area contributed by atoms with E-state index in [1.807, 2.05) is 0 Å². The summed E-state index contributed by atoms with van der Waals surface area (Å²) in [4.78, 5) is 26.8. The fourth-order valence-electron chi connectivity index (χ4n) is 1.49. The van der Waals surface area contributed by atoms with Crippen molar-refractivity contribution in [3.05, 3.63) is 33.7 Å². The van der Waals surface area contributed by atoms with Gasteiger partial charge in [0.2, 0.25) is 0 Å². The molecule has 0 bridgehead atoms. The summed E-state index contributed by atoms with van der Waals surface area (Å²) in [5, 5.41) is 8.91. The van der Waals surface area contributed by atoms with E-state index < -0.39 is 5.97 Å². The molecule has 0 heterocycles. The van der Waals surface area contributed by atoms with Crippen LogP contribution in [-0.4, -0.2) is 23.1 Å². The number of aromatic carboxylic acids is 1. The molecule has 15 heavy (non-hydrogen) atoms. The van der Waals surface area contributed by atoms with Gasteiger partial charge in [-0.25, -0.2) is 9.63 Å². The molecule has 0 aliphatic rings. The van der Waals surface area contributed by atoms with Crippen LogP contribution in [0.5, 0.6) is 0 Å². The monoisotopic (exact) mass is 210 g/mol. The summed E-state index contributed by atoms with van der Waals surface area (Å²) in [5.74, 6) is -0.994. The van der Waals surface area contributed by atoms with E-state index in [1.54, 1.807) is 13.8 Å². The van der Waals surface area contributed by atoms with Crippen LogP contribution in [0.4, 0.5) is 5.69 Å². The zero-order valence-electron chi connectivity index (χ0n) is 8.77. The second kappa shape index (κ2) is 4.08. The normalized spacial score (nSPS) is 9.80. The maximum absolute atomic E-state index is 11.1. The number of benzene rings is 1. The zero-order valence-corrected chi connectivity index (χ0v) is 8.77. The summed E-state index contributed by atoms with van der Waals surface area (Å²) in [6.07, 6.45) is 0. The van der Waals surface area contributed by atoms with Crippen molar-refractivity contribution >= 4 is 11.7 Å². The summed E-state index contributed by atoms with van der Waals surface area (Å²) in [5.41, 5.74) is 1.59. The molecule has 0 saturated carbocycles. The minimum absolute atomic E-state index is 0.225. The molecule has 1 rings (SSSR count). The van der Waals surface area contributed by atoms with Gasteiger partial charge in [0.05, 0.1) is 10.5 Å². The number of carboxylic acid groups (broad SMARTS) is 1. The Labute approximate surface area is 86.8 Å². The number of carboxylic acids is 1. The SMILES string of the molecule is CO[N+](=O)c1cc(C)c(C(=O)O)c(C)c1. The van der Waals surface area contributed by atoms with Gasteiger partial charge < -0.3 is 5.11 Å². The van der Waals surface area contributed by atoms with E-state index >= 15 is 0 Å². The molecule has 1 N–H and O–H groups in total. The lowest BCUT2D eigenvalue weighted by molar-refractivity contribution is -0.736. The fraction of sp³-hybridized carbons (Fsp3) is 0.300. The molecule has 1 aromatic rings. The van der Waals surface area contributed by atoms with Crippen molar-refractivity contribution in [3.8, 4) is 0 Å². The molecule has 0 atom stereocenters. The van der Waals surface area contributed by atoms with E-state index in [0.29, 0.717) is 16.1 Å². The van der Waals surface area contributed by atoms with E-state index in [9.17, 15) is 9.70 Å². The van der Waals surface area contributed by atoms with Gasteiger partial charge in [-0.15, -0.1) is 0 Å². The van der Waals surface area contributed by atoms with E-state index in [4.69, 9.17) is 5.11 Å². The lowest BCUT2D eigenvalue weighted by atomic mass is 10.0. The molecule has 5 heteroatoms. The number of hydrogen-bond donors (Lipinski definition) is 1. The molecule has 0 spiro atoms. The minimum Gasteiger partial charge on any atom is -0.478 e. The van der Waals surface area contributed by atoms with Crippen LogP contribution in [0.2, 0.25) is 0 Å². The third kappa shape index (κ3) is 2.12. The van der Waals surface area contributed by atoms with Crippen molar-refractivity contribution < 1.29 is 19.7 Å². The number of nitrogens with zero attached hydrogens (tertiary/aromatic N) is 1. The van der Waals surface area contributed by atoms with E-state index in [0.717, 1.165) is 0 Å². The number of aryl methyl sites for hydroxylation is 2. The lowest BCUT2D eigenvalue weighted by Crippen LogP contribution is -2.05. The molecule has 0 radical (unpaired) electrons. The van der Waals surface area contributed by atoms with Gasteiger partial charge >= 0.3 is 11.7 Å². The van der Waals surface area contributed by atoms with Gasteiger partial charge in [-0.3, -0.25) is 0 Å². The van der Waals surface area contributed by atoms with Crippen molar-refractivity contribution in [3.63, 3.8) is 0 Å². The van der Waals surface area contributed by atoms with Gasteiger partial charge in [0.25, 0.3) is 4.92 Å². The first-order chi connectivity index (χ1) is 6.97.